The monoisotopic (exact) mass is 485 g/mol. The zero-order chi connectivity index (χ0) is 24.7. The third kappa shape index (κ3) is 6.81. The Morgan fingerprint density at radius 2 is 1.63 bits per heavy atom. The molecule has 0 radical (unpaired) electrons. The summed E-state index contributed by atoms with van der Waals surface area (Å²) < 4.78 is 5.35. The van der Waals surface area contributed by atoms with Crippen molar-refractivity contribution in [3.8, 4) is 11.4 Å². The first-order valence-electron chi connectivity index (χ1n) is 12.0. The van der Waals surface area contributed by atoms with Crippen molar-refractivity contribution in [1.29, 1.82) is 0 Å². The molecule has 4 rings (SSSR count). The molecule has 0 aliphatic heterocycles. The van der Waals surface area contributed by atoms with Gasteiger partial charge in [0.25, 0.3) is 0 Å². The van der Waals surface area contributed by atoms with Crippen LogP contribution in [0.15, 0.2) is 89.1 Å². The second kappa shape index (κ2) is 11.3. The first kappa shape index (κ1) is 24.7. The Bertz CT molecular complexity index is 1250. The van der Waals surface area contributed by atoms with Crippen LogP contribution in [0.2, 0.25) is 0 Å². The van der Waals surface area contributed by atoms with E-state index in [0.29, 0.717) is 11.0 Å². The molecule has 0 aliphatic carbocycles. The maximum Gasteiger partial charge on any atom is 0.249 e. The summed E-state index contributed by atoms with van der Waals surface area (Å²) in [6.45, 7) is 8.32. The van der Waals surface area contributed by atoms with Crippen LogP contribution in [0.5, 0.6) is 0 Å². The van der Waals surface area contributed by atoms with Gasteiger partial charge in [-0.3, -0.25) is 0 Å². The highest BCUT2D eigenvalue weighted by atomic mass is 32.1. The standard InChI is InChI=1S/C28H33N6S/c1-5-33(18-19-34(3,4)21-23-12-8-6-9-13-23)25-16-17-26(22(2)20-25)30-31-28-29-27(32-35-28)24-14-10-7-11-15-24/h6-17,20H,5,18-19,21H2,1-4H3/q+1. The Hall–Kier alpha value is -3.42. The Morgan fingerprint density at radius 1 is 0.914 bits per heavy atom. The minimum absolute atomic E-state index is 0.556. The number of quaternary nitrogens is 1. The van der Waals surface area contributed by atoms with Crippen molar-refractivity contribution < 1.29 is 4.48 Å². The predicted octanol–water partition coefficient (Wildman–Crippen LogP) is 7.03. The Labute approximate surface area is 212 Å². The number of azo groups is 1. The van der Waals surface area contributed by atoms with Crippen LogP contribution >= 0.6 is 11.5 Å². The van der Waals surface area contributed by atoms with Gasteiger partial charge in [-0.05, 0) is 37.6 Å². The Kier molecular flexibility index (Phi) is 8.00. The van der Waals surface area contributed by atoms with Gasteiger partial charge >= 0.3 is 0 Å². The summed E-state index contributed by atoms with van der Waals surface area (Å²) in [5.74, 6) is 0.684. The number of nitrogens with zero attached hydrogens (tertiary/aromatic N) is 6. The average Bonchev–Trinajstić information content (AvgIpc) is 3.34. The minimum Gasteiger partial charge on any atom is -0.366 e. The molecule has 0 unspecified atom stereocenters. The van der Waals surface area contributed by atoms with Crippen molar-refractivity contribution in [2.75, 3.05) is 38.6 Å². The van der Waals surface area contributed by atoms with Gasteiger partial charge in [-0.2, -0.15) is 9.36 Å². The zero-order valence-electron chi connectivity index (χ0n) is 20.9. The van der Waals surface area contributed by atoms with Crippen LogP contribution in [0.25, 0.3) is 11.4 Å². The van der Waals surface area contributed by atoms with E-state index in [9.17, 15) is 0 Å². The van der Waals surface area contributed by atoms with Crippen molar-refractivity contribution in [1.82, 2.24) is 9.36 Å². The molecule has 0 atom stereocenters. The lowest BCUT2D eigenvalue weighted by atomic mass is 10.1. The number of hydrogen-bond donors (Lipinski definition) is 0. The van der Waals surface area contributed by atoms with Crippen LogP contribution in [-0.4, -0.2) is 47.6 Å². The summed E-state index contributed by atoms with van der Waals surface area (Å²) >= 11 is 1.26. The average molecular weight is 486 g/mol. The van der Waals surface area contributed by atoms with Crippen molar-refractivity contribution in [2.45, 2.75) is 20.4 Å². The highest BCUT2D eigenvalue weighted by molar-refractivity contribution is 7.09. The fourth-order valence-corrected chi connectivity index (χ4v) is 4.54. The van der Waals surface area contributed by atoms with Crippen molar-refractivity contribution in [3.05, 3.63) is 90.0 Å². The topological polar surface area (TPSA) is 53.7 Å². The molecular formula is C28H33N6S+. The molecule has 0 aliphatic rings. The van der Waals surface area contributed by atoms with Crippen LogP contribution < -0.4 is 4.90 Å². The highest BCUT2D eigenvalue weighted by Crippen LogP contribution is 2.28. The van der Waals surface area contributed by atoms with Crippen LogP contribution in [0.4, 0.5) is 16.5 Å². The van der Waals surface area contributed by atoms with Crippen LogP contribution in [0.3, 0.4) is 0 Å². The molecule has 6 nitrogen and oxygen atoms in total. The molecule has 0 fully saturated rings. The molecule has 4 aromatic rings. The molecule has 0 saturated carbocycles. The largest absolute Gasteiger partial charge is 0.366 e. The van der Waals surface area contributed by atoms with Gasteiger partial charge in [0.15, 0.2) is 5.82 Å². The molecule has 35 heavy (non-hydrogen) atoms. The van der Waals surface area contributed by atoms with Crippen molar-refractivity contribution in [3.63, 3.8) is 0 Å². The summed E-state index contributed by atoms with van der Waals surface area (Å²) in [6.07, 6.45) is 0. The van der Waals surface area contributed by atoms with Gasteiger partial charge in [0.1, 0.15) is 6.54 Å². The third-order valence-corrected chi connectivity index (χ3v) is 6.65. The molecule has 0 bridgehead atoms. The van der Waals surface area contributed by atoms with Crippen molar-refractivity contribution in [2.24, 2.45) is 10.2 Å². The van der Waals surface area contributed by atoms with Crippen LogP contribution in [0, 0.1) is 6.92 Å². The van der Waals surface area contributed by atoms with E-state index in [4.69, 9.17) is 0 Å². The van der Waals surface area contributed by atoms with E-state index in [2.05, 4.69) is 94.9 Å². The van der Waals surface area contributed by atoms with Gasteiger partial charge in [0.2, 0.25) is 5.13 Å². The van der Waals surface area contributed by atoms with E-state index in [1.807, 2.05) is 36.4 Å². The number of likely N-dealkylation sites (N-methyl/N-ethyl adjacent to an activating group) is 2. The SMILES string of the molecule is CCN(CC[N+](C)(C)Cc1ccccc1)c1ccc(N=Nc2nc(-c3ccccc3)ns2)c(C)c1. The summed E-state index contributed by atoms with van der Waals surface area (Å²) in [5.41, 5.74) is 5.51. The smallest absolute Gasteiger partial charge is 0.249 e. The molecule has 1 aromatic heterocycles. The van der Waals surface area contributed by atoms with Crippen molar-refractivity contribution >= 4 is 28.0 Å². The third-order valence-electron chi connectivity index (χ3n) is 6.05. The first-order chi connectivity index (χ1) is 16.9. The lowest BCUT2D eigenvalue weighted by Crippen LogP contribution is -2.44. The number of anilines is 1. The number of aryl methyl sites for hydroxylation is 1. The molecule has 3 aromatic carbocycles. The van der Waals surface area contributed by atoms with Gasteiger partial charge in [0, 0.05) is 34.9 Å². The number of hydrogen-bond acceptors (Lipinski definition) is 6. The lowest BCUT2D eigenvalue weighted by Gasteiger charge is -2.33. The van der Waals surface area contributed by atoms with Crippen LogP contribution in [0.1, 0.15) is 18.1 Å². The lowest BCUT2D eigenvalue weighted by molar-refractivity contribution is -0.902. The maximum absolute atomic E-state index is 4.50. The molecule has 0 N–H and O–H groups in total. The molecule has 180 valence electrons. The normalized spacial score (nSPS) is 11.8. The maximum atomic E-state index is 4.50. The summed E-state index contributed by atoms with van der Waals surface area (Å²) in [4.78, 5) is 6.92. The zero-order valence-corrected chi connectivity index (χ0v) is 21.7. The van der Waals surface area contributed by atoms with Crippen LogP contribution in [-0.2, 0) is 6.54 Å². The first-order valence-corrected chi connectivity index (χ1v) is 12.7. The van der Waals surface area contributed by atoms with Gasteiger partial charge in [0.05, 0.1) is 32.9 Å². The molecule has 7 heteroatoms. The summed E-state index contributed by atoms with van der Waals surface area (Å²) in [7, 11) is 4.60. The van der Waals surface area contributed by atoms with E-state index in [-0.39, 0.29) is 0 Å². The number of rotatable bonds is 10. The van der Waals surface area contributed by atoms with Gasteiger partial charge in [-0.1, -0.05) is 60.7 Å². The second-order valence-corrected chi connectivity index (χ2v) is 10.1. The van der Waals surface area contributed by atoms with E-state index in [1.165, 1.54) is 22.8 Å². The molecule has 1 heterocycles. The molecule has 0 amide bonds. The van der Waals surface area contributed by atoms with Gasteiger partial charge in [-0.25, -0.2) is 0 Å². The Morgan fingerprint density at radius 3 is 2.31 bits per heavy atom. The fourth-order valence-electron chi connectivity index (χ4n) is 4.02. The number of aromatic nitrogens is 2. The van der Waals surface area contributed by atoms with E-state index >= 15 is 0 Å². The fraction of sp³-hybridized carbons (Fsp3) is 0.286. The predicted molar refractivity (Wildman–Crippen MR) is 146 cm³/mol. The molecule has 0 spiro atoms. The summed E-state index contributed by atoms with van der Waals surface area (Å²) in [5, 5.41) is 9.35. The second-order valence-electron chi connectivity index (χ2n) is 9.32. The molecule has 0 saturated heterocycles. The van der Waals surface area contributed by atoms with E-state index in [1.54, 1.807) is 0 Å². The molecular weight excluding hydrogens is 452 g/mol. The van der Waals surface area contributed by atoms with E-state index in [0.717, 1.165) is 47.5 Å². The summed E-state index contributed by atoms with van der Waals surface area (Å²) in [6, 6.07) is 27.0. The number of benzene rings is 3. The highest BCUT2D eigenvalue weighted by Gasteiger charge is 2.18. The van der Waals surface area contributed by atoms with Gasteiger partial charge < -0.3 is 9.38 Å². The van der Waals surface area contributed by atoms with Gasteiger partial charge in [-0.15, -0.1) is 10.2 Å². The van der Waals surface area contributed by atoms with E-state index < -0.39 is 0 Å². The minimum atomic E-state index is 0.556. The Balaban J connectivity index is 1.39. The quantitative estimate of drug-likeness (QED) is 0.179.